The van der Waals surface area contributed by atoms with Gasteiger partial charge in [-0.05, 0) is 29.8 Å². The zero-order chi connectivity index (χ0) is 22.4. The Kier molecular flexibility index (Phi) is 6.92. The third-order valence-electron chi connectivity index (χ3n) is 4.73. The average molecular weight is 425 g/mol. The predicted octanol–water partition coefficient (Wildman–Crippen LogP) is 3.50. The zero-order valence-corrected chi connectivity index (χ0v) is 17.8. The van der Waals surface area contributed by atoms with Gasteiger partial charge in [0.1, 0.15) is 17.7 Å². The summed E-state index contributed by atoms with van der Waals surface area (Å²) in [4.78, 5) is 17.0. The van der Waals surface area contributed by atoms with Crippen LogP contribution in [0.3, 0.4) is 0 Å². The van der Waals surface area contributed by atoms with Crippen molar-refractivity contribution in [2.24, 2.45) is 7.05 Å². The van der Waals surface area contributed by atoms with E-state index in [4.69, 9.17) is 14.2 Å². The molecule has 1 N–H and O–H groups in total. The quantitative estimate of drug-likeness (QED) is 0.559. The molecular formula is C23H24FN3O4. The summed E-state index contributed by atoms with van der Waals surface area (Å²) in [5, 5.41) is 2.83. The van der Waals surface area contributed by atoms with Gasteiger partial charge in [0.05, 0.1) is 21.3 Å². The highest BCUT2D eigenvalue weighted by atomic mass is 19.1. The lowest BCUT2D eigenvalue weighted by atomic mass is 10.1. The van der Waals surface area contributed by atoms with E-state index >= 15 is 0 Å². The minimum Gasteiger partial charge on any atom is -0.493 e. The fourth-order valence-corrected chi connectivity index (χ4v) is 3.21. The number of nitrogens with one attached hydrogen (secondary N) is 1. The van der Waals surface area contributed by atoms with Crippen LogP contribution in [0, 0.1) is 5.82 Å². The second-order valence-electron chi connectivity index (χ2n) is 6.65. The number of ether oxygens (including phenoxy) is 3. The van der Waals surface area contributed by atoms with E-state index in [9.17, 15) is 9.18 Å². The monoisotopic (exact) mass is 425 g/mol. The van der Waals surface area contributed by atoms with Crippen molar-refractivity contribution in [3.63, 3.8) is 0 Å². The molecule has 1 heterocycles. The van der Waals surface area contributed by atoms with Gasteiger partial charge in [-0.15, -0.1) is 0 Å². The summed E-state index contributed by atoms with van der Waals surface area (Å²) in [5.41, 5.74) is 0.996. The minimum absolute atomic E-state index is 0.325. The van der Waals surface area contributed by atoms with Gasteiger partial charge in [-0.2, -0.15) is 0 Å². The van der Waals surface area contributed by atoms with Crippen molar-refractivity contribution in [1.29, 1.82) is 0 Å². The van der Waals surface area contributed by atoms with E-state index in [1.165, 1.54) is 33.5 Å². The van der Waals surface area contributed by atoms with Gasteiger partial charge in [0, 0.05) is 31.1 Å². The fourth-order valence-electron chi connectivity index (χ4n) is 3.21. The number of aromatic nitrogens is 2. The summed E-state index contributed by atoms with van der Waals surface area (Å²) in [6, 6.07) is 8.97. The lowest BCUT2D eigenvalue weighted by Crippen LogP contribution is -2.30. The molecule has 0 saturated heterocycles. The molecule has 0 bridgehead atoms. The van der Waals surface area contributed by atoms with Gasteiger partial charge < -0.3 is 24.1 Å². The molecular weight excluding hydrogens is 401 g/mol. The Morgan fingerprint density at radius 2 is 1.81 bits per heavy atom. The van der Waals surface area contributed by atoms with E-state index in [-0.39, 0.29) is 0 Å². The number of carbonyl (C=O) groups excluding carboxylic acids is 1. The number of halogens is 1. The molecule has 0 fully saturated rings. The molecule has 0 aliphatic rings. The van der Waals surface area contributed by atoms with Crippen LogP contribution in [0.2, 0.25) is 0 Å². The molecule has 0 aliphatic heterocycles. The Bertz CT molecular complexity index is 1070. The van der Waals surface area contributed by atoms with Crippen LogP contribution in [0.5, 0.6) is 17.2 Å². The molecule has 1 aromatic heterocycles. The molecule has 3 rings (SSSR count). The summed E-state index contributed by atoms with van der Waals surface area (Å²) < 4.78 is 32.2. The molecule has 0 radical (unpaired) electrons. The Labute approximate surface area is 180 Å². The van der Waals surface area contributed by atoms with Crippen LogP contribution < -0.4 is 19.5 Å². The number of nitrogens with zero attached hydrogens (tertiary/aromatic N) is 2. The normalized spacial score (nSPS) is 11.9. The van der Waals surface area contributed by atoms with E-state index in [1.807, 2.05) is 0 Å². The number of rotatable bonds is 8. The fraction of sp³-hybridized carbons (Fsp3) is 0.217. The van der Waals surface area contributed by atoms with Crippen LogP contribution in [0.25, 0.3) is 6.08 Å². The van der Waals surface area contributed by atoms with Crippen LogP contribution in [0.1, 0.15) is 23.0 Å². The smallest absolute Gasteiger partial charge is 0.244 e. The third-order valence-corrected chi connectivity index (χ3v) is 4.73. The van der Waals surface area contributed by atoms with E-state index < -0.39 is 17.8 Å². The van der Waals surface area contributed by atoms with Gasteiger partial charge in [-0.1, -0.05) is 18.2 Å². The predicted molar refractivity (Wildman–Crippen MR) is 115 cm³/mol. The number of hydrogen-bond donors (Lipinski definition) is 1. The SMILES string of the molecule is COc1cc(/C=C/C(=O)NC(c2ccccc2F)c2nccn2C)cc(OC)c1OC. The molecule has 1 atom stereocenters. The first-order chi connectivity index (χ1) is 15.0. The van der Waals surface area contributed by atoms with Crippen molar-refractivity contribution >= 4 is 12.0 Å². The number of hydrogen-bond acceptors (Lipinski definition) is 5. The molecule has 7 nitrogen and oxygen atoms in total. The summed E-state index contributed by atoms with van der Waals surface area (Å²) >= 11 is 0. The number of carbonyl (C=O) groups is 1. The van der Waals surface area contributed by atoms with Gasteiger partial charge in [-0.3, -0.25) is 4.79 Å². The highest BCUT2D eigenvalue weighted by Crippen LogP contribution is 2.38. The first-order valence-corrected chi connectivity index (χ1v) is 9.48. The van der Waals surface area contributed by atoms with Crippen molar-refractivity contribution in [1.82, 2.24) is 14.9 Å². The molecule has 1 unspecified atom stereocenters. The van der Waals surface area contributed by atoms with Crippen molar-refractivity contribution in [3.8, 4) is 17.2 Å². The molecule has 31 heavy (non-hydrogen) atoms. The van der Waals surface area contributed by atoms with E-state index in [2.05, 4.69) is 10.3 Å². The van der Waals surface area contributed by atoms with Crippen LogP contribution in [0.15, 0.2) is 54.9 Å². The highest BCUT2D eigenvalue weighted by Gasteiger charge is 2.22. The average Bonchev–Trinajstić information content (AvgIpc) is 3.21. The topological polar surface area (TPSA) is 74.6 Å². The zero-order valence-electron chi connectivity index (χ0n) is 17.8. The first-order valence-electron chi connectivity index (χ1n) is 9.48. The maximum Gasteiger partial charge on any atom is 0.244 e. The van der Waals surface area contributed by atoms with Crippen molar-refractivity contribution in [3.05, 3.63) is 77.6 Å². The van der Waals surface area contributed by atoms with E-state index in [1.54, 1.807) is 60.4 Å². The van der Waals surface area contributed by atoms with Gasteiger partial charge in [0.2, 0.25) is 11.7 Å². The number of methoxy groups -OCH3 is 3. The lowest BCUT2D eigenvalue weighted by molar-refractivity contribution is -0.117. The van der Waals surface area contributed by atoms with Crippen LogP contribution in [0.4, 0.5) is 4.39 Å². The summed E-state index contributed by atoms with van der Waals surface area (Å²) in [6.07, 6.45) is 6.30. The second-order valence-corrected chi connectivity index (χ2v) is 6.65. The molecule has 2 aromatic carbocycles. The van der Waals surface area contributed by atoms with Gasteiger partial charge in [-0.25, -0.2) is 9.37 Å². The van der Waals surface area contributed by atoms with Crippen molar-refractivity contribution in [2.75, 3.05) is 21.3 Å². The molecule has 8 heteroatoms. The molecule has 162 valence electrons. The maximum atomic E-state index is 14.5. The van der Waals surface area contributed by atoms with Gasteiger partial charge in [0.25, 0.3) is 0 Å². The van der Waals surface area contributed by atoms with Crippen LogP contribution in [-0.4, -0.2) is 36.8 Å². The van der Waals surface area contributed by atoms with E-state index in [0.717, 1.165) is 0 Å². The minimum atomic E-state index is -0.752. The second kappa shape index (κ2) is 9.80. The van der Waals surface area contributed by atoms with Crippen molar-refractivity contribution < 1.29 is 23.4 Å². The molecule has 1 amide bonds. The number of benzene rings is 2. The molecule has 0 spiro atoms. The number of aryl methyl sites for hydroxylation is 1. The first kappa shape index (κ1) is 21.9. The van der Waals surface area contributed by atoms with Crippen LogP contribution >= 0.6 is 0 Å². The summed E-state index contributed by atoms with van der Waals surface area (Å²) in [6.45, 7) is 0. The molecule has 0 saturated carbocycles. The molecule has 3 aromatic rings. The van der Waals surface area contributed by atoms with Crippen LogP contribution in [-0.2, 0) is 11.8 Å². The van der Waals surface area contributed by atoms with Gasteiger partial charge in [0.15, 0.2) is 11.5 Å². The Balaban J connectivity index is 1.87. The van der Waals surface area contributed by atoms with Gasteiger partial charge >= 0.3 is 0 Å². The largest absolute Gasteiger partial charge is 0.493 e. The number of imidazole rings is 1. The Morgan fingerprint density at radius 3 is 2.35 bits per heavy atom. The Hall–Kier alpha value is -3.81. The number of amides is 1. The Morgan fingerprint density at radius 1 is 1.13 bits per heavy atom. The summed E-state index contributed by atoms with van der Waals surface area (Å²) in [7, 11) is 6.34. The maximum absolute atomic E-state index is 14.5. The summed E-state index contributed by atoms with van der Waals surface area (Å²) in [5.74, 6) is 1.08. The highest BCUT2D eigenvalue weighted by molar-refractivity contribution is 5.92. The van der Waals surface area contributed by atoms with Crippen molar-refractivity contribution in [2.45, 2.75) is 6.04 Å². The molecule has 0 aliphatic carbocycles. The van der Waals surface area contributed by atoms with E-state index in [0.29, 0.717) is 34.2 Å². The standard InChI is InChI=1S/C23H24FN3O4/c1-27-12-11-25-23(27)21(16-7-5-6-8-17(16)24)26-20(28)10-9-15-13-18(29-2)22(31-4)19(14-15)30-3/h5-14,21H,1-4H3,(H,26,28)/b10-9+. The lowest BCUT2D eigenvalue weighted by Gasteiger charge is -2.19. The third kappa shape index (κ3) is 4.85.